The molecule has 0 aliphatic carbocycles. The molecule has 1 amide bonds. The standard InChI is InChI=1S/C18H23N5O5/c1-18(2,3)28-17(25)21-6-7-22(12(10-21)11-24)16-13-4-5-19-8-14(13)20-9-15(16)23(26)27/h4-5,8-9,12,24H,6-7,10-11H2,1-3H3/t12-/m1/s1. The van der Waals surface area contributed by atoms with Crippen LogP contribution in [0, 0.1) is 10.1 Å². The average Bonchev–Trinajstić information content (AvgIpc) is 2.65. The van der Waals surface area contributed by atoms with Crippen molar-refractivity contribution in [2.24, 2.45) is 0 Å². The van der Waals surface area contributed by atoms with Crippen LogP contribution in [0.15, 0.2) is 24.7 Å². The van der Waals surface area contributed by atoms with E-state index >= 15 is 0 Å². The number of nitrogens with zero attached hydrogens (tertiary/aromatic N) is 5. The molecule has 2 aromatic rings. The molecule has 0 aromatic carbocycles. The Morgan fingerprint density at radius 1 is 1.39 bits per heavy atom. The van der Waals surface area contributed by atoms with Crippen LogP contribution in [-0.4, -0.2) is 68.9 Å². The number of fused-ring (bicyclic) bond motifs is 1. The van der Waals surface area contributed by atoms with Crippen LogP contribution >= 0.6 is 0 Å². The Morgan fingerprint density at radius 3 is 2.79 bits per heavy atom. The number of aromatic nitrogens is 2. The van der Waals surface area contributed by atoms with E-state index in [0.717, 1.165) is 0 Å². The average molecular weight is 389 g/mol. The molecule has 150 valence electrons. The molecule has 28 heavy (non-hydrogen) atoms. The lowest BCUT2D eigenvalue weighted by atomic mass is 10.1. The summed E-state index contributed by atoms with van der Waals surface area (Å²) in [5, 5.41) is 22.1. The Morgan fingerprint density at radius 2 is 2.14 bits per heavy atom. The molecule has 1 aliphatic rings. The number of hydrogen-bond donors (Lipinski definition) is 1. The zero-order valence-corrected chi connectivity index (χ0v) is 16.0. The third-order valence-electron chi connectivity index (χ3n) is 4.45. The van der Waals surface area contributed by atoms with Crippen LogP contribution in [0.4, 0.5) is 16.2 Å². The second-order valence-electron chi connectivity index (χ2n) is 7.60. The molecule has 3 heterocycles. The van der Waals surface area contributed by atoms with Crippen molar-refractivity contribution in [2.45, 2.75) is 32.4 Å². The lowest BCUT2D eigenvalue weighted by Crippen LogP contribution is -2.57. The van der Waals surface area contributed by atoms with Crippen LogP contribution in [0.5, 0.6) is 0 Å². The summed E-state index contributed by atoms with van der Waals surface area (Å²) in [6.45, 7) is 5.90. The molecule has 0 bridgehead atoms. The number of hydrogen-bond acceptors (Lipinski definition) is 8. The third-order valence-corrected chi connectivity index (χ3v) is 4.45. The van der Waals surface area contributed by atoms with Crippen LogP contribution in [0.3, 0.4) is 0 Å². The molecule has 2 aromatic heterocycles. The van der Waals surface area contributed by atoms with Crippen molar-refractivity contribution in [3.63, 3.8) is 0 Å². The van der Waals surface area contributed by atoms with E-state index in [1.807, 2.05) is 0 Å². The first-order valence-corrected chi connectivity index (χ1v) is 8.94. The predicted molar refractivity (Wildman–Crippen MR) is 102 cm³/mol. The minimum Gasteiger partial charge on any atom is -0.444 e. The normalized spacial score (nSPS) is 17.6. The number of aliphatic hydroxyl groups excluding tert-OH is 1. The van der Waals surface area contributed by atoms with Crippen LogP contribution < -0.4 is 4.90 Å². The van der Waals surface area contributed by atoms with Gasteiger partial charge in [-0.1, -0.05) is 0 Å². The van der Waals surface area contributed by atoms with Crippen molar-refractivity contribution < 1.29 is 19.6 Å². The number of amides is 1. The Kier molecular flexibility index (Phi) is 5.32. The van der Waals surface area contributed by atoms with Crippen LogP contribution in [0.25, 0.3) is 10.9 Å². The van der Waals surface area contributed by atoms with Gasteiger partial charge in [-0.2, -0.15) is 0 Å². The summed E-state index contributed by atoms with van der Waals surface area (Å²) in [6, 6.07) is 1.15. The second kappa shape index (κ2) is 7.55. The molecule has 3 rings (SSSR count). The number of anilines is 1. The van der Waals surface area contributed by atoms with Crippen molar-refractivity contribution in [2.75, 3.05) is 31.1 Å². The van der Waals surface area contributed by atoms with Gasteiger partial charge >= 0.3 is 11.8 Å². The zero-order chi connectivity index (χ0) is 20.5. The predicted octanol–water partition coefficient (Wildman–Crippen LogP) is 1.96. The molecule has 1 saturated heterocycles. The highest BCUT2D eigenvalue weighted by molar-refractivity contribution is 5.96. The van der Waals surface area contributed by atoms with Crippen molar-refractivity contribution >= 4 is 28.4 Å². The summed E-state index contributed by atoms with van der Waals surface area (Å²) in [5.41, 5.74) is 0.119. The summed E-state index contributed by atoms with van der Waals surface area (Å²) in [4.78, 5) is 34.9. The van der Waals surface area contributed by atoms with Gasteiger partial charge < -0.3 is 19.6 Å². The van der Waals surface area contributed by atoms with Crippen molar-refractivity contribution in [1.29, 1.82) is 0 Å². The molecule has 10 heteroatoms. The Labute approximate surface area is 161 Å². The van der Waals surface area contributed by atoms with Gasteiger partial charge in [-0.3, -0.25) is 15.1 Å². The number of carbonyl (C=O) groups is 1. The number of piperazine rings is 1. The molecule has 0 spiro atoms. The van der Waals surface area contributed by atoms with Gasteiger partial charge in [0.2, 0.25) is 0 Å². The lowest BCUT2D eigenvalue weighted by Gasteiger charge is -2.42. The van der Waals surface area contributed by atoms with E-state index in [1.54, 1.807) is 37.9 Å². The summed E-state index contributed by atoms with van der Waals surface area (Å²) < 4.78 is 5.40. The largest absolute Gasteiger partial charge is 0.444 e. The minimum absolute atomic E-state index is 0.150. The van der Waals surface area contributed by atoms with Crippen LogP contribution in [0.2, 0.25) is 0 Å². The van der Waals surface area contributed by atoms with Crippen LogP contribution in [0.1, 0.15) is 20.8 Å². The molecule has 10 nitrogen and oxygen atoms in total. The molecule has 1 atom stereocenters. The third kappa shape index (κ3) is 3.96. The molecular weight excluding hydrogens is 366 g/mol. The van der Waals surface area contributed by atoms with Crippen molar-refractivity contribution in [3.05, 3.63) is 34.8 Å². The smallest absolute Gasteiger partial charge is 0.410 e. The topological polar surface area (TPSA) is 122 Å². The minimum atomic E-state index is -0.629. The zero-order valence-electron chi connectivity index (χ0n) is 16.0. The number of rotatable bonds is 3. The van der Waals surface area contributed by atoms with E-state index in [9.17, 15) is 20.0 Å². The van der Waals surface area contributed by atoms with Gasteiger partial charge in [-0.15, -0.1) is 0 Å². The maximum Gasteiger partial charge on any atom is 0.410 e. The van der Waals surface area contributed by atoms with E-state index in [4.69, 9.17) is 4.74 Å². The van der Waals surface area contributed by atoms with E-state index < -0.39 is 22.7 Å². The van der Waals surface area contributed by atoms with E-state index in [0.29, 0.717) is 29.7 Å². The lowest BCUT2D eigenvalue weighted by molar-refractivity contribution is -0.384. The fourth-order valence-corrected chi connectivity index (χ4v) is 3.25. The van der Waals surface area contributed by atoms with E-state index in [1.165, 1.54) is 17.3 Å². The van der Waals surface area contributed by atoms with Gasteiger partial charge in [0.25, 0.3) is 0 Å². The summed E-state index contributed by atoms with van der Waals surface area (Å²) in [5.74, 6) is 0. The summed E-state index contributed by atoms with van der Waals surface area (Å²) in [6.07, 6.45) is 3.81. The van der Waals surface area contributed by atoms with Gasteiger partial charge in [-0.05, 0) is 26.8 Å². The molecular formula is C18H23N5O5. The SMILES string of the molecule is CC(C)(C)OC(=O)N1CCN(c2c([N+](=O)[O-])cnc3cnccc23)[C@@H](CO)C1. The summed E-state index contributed by atoms with van der Waals surface area (Å²) in [7, 11) is 0. The Hall–Kier alpha value is -3.01. The molecule has 1 N–H and O–H groups in total. The first-order chi connectivity index (χ1) is 13.2. The molecule has 1 fully saturated rings. The first kappa shape index (κ1) is 19.7. The van der Waals surface area contributed by atoms with Crippen molar-refractivity contribution in [1.82, 2.24) is 14.9 Å². The molecule has 1 aliphatic heterocycles. The van der Waals surface area contributed by atoms with Crippen LogP contribution in [-0.2, 0) is 4.74 Å². The number of ether oxygens (including phenoxy) is 1. The highest BCUT2D eigenvalue weighted by atomic mass is 16.6. The second-order valence-corrected chi connectivity index (χ2v) is 7.60. The fourth-order valence-electron chi connectivity index (χ4n) is 3.25. The van der Waals surface area contributed by atoms with E-state index in [-0.39, 0.29) is 18.8 Å². The Balaban J connectivity index is 1.96. The number of nitro groups is 1. The number of carbonyl (C=O) groups excluding carboxylic acids is 1. The van der Waals surface area contributed by atoms with E-state index in [2.05, 4.69) is 9.97 Å². The highest BCUT2D eigenvalue weighted by Crippen LogP contribution is 2.36. The maximum atomic E-state index is 12.4. The molecule has 0 unspecified atom stereocenters. The monoisotopic (exact) mass is 389 g/mol. The quantitative estimate of drug-likeness (QED) is 0.624. The maximum absolute atomic E-state index is 12.4. The summed E-state index contributed by atoms with van der Waals surface area (Å²) >= 11 is 0. The van der Waals surface area contributed by atoms with Gasteiger partial charge in [0, 0.05) is 31.2 Å². The molecule has 0 radical (unpaired) electrons. The highest BCUT2D eigenvalue weighted by Gasteiger charge is 2.35. The number of pyridine rings is 2. The van der Waals surface area contributed by atoms with Gasteiger partial charge in [0.15, 0.2) is 0 Å². The van der Waals surface area contributed by atoms with Gasteiger partial charge in [-0.25, -0.2) is 9.78 Å². The Bertz CT molecular complexity index is 898. The first-order valence-electron chi connectivity index (χ1n) is 8.94. The van der Waals surface area contributed by atoms with Crippen molar-refractivity contribution in [3.8, 4) is 0 Å². The van der Waals surface area contributed by atoms with Gasteiger partial charge in [0.05, 0.1) is 29.3 Å². The van der Waals surface area contributed by atoms with Gasteiger partial charge in [0.1, 0.15) is 17.5 Å². The number of aliphatic hydroxyl groups is 1. The molecule has 0 saturated carbocycles. The fraction of sp³-hybridized carbons (Fsp3) is 0.500.